The van der Waals surface area contributed by atoms with Crippen molar-refractivity contribution in [3.8, 4) is 0 Å². The number of rotatable bonds is 1. The summed E-state index contributed by atoms with van der Waals surface area (Å²) in [6, 6.07) is 0. The van der Waals surface area contributed by atoms with Crippen LogP contribution in [0.4, 0.5) is 0 Å². The van der Waals surface area contributed by atoms with E-state index in [0.29, 0.717) is 41.1 Å². The molecule has 2 nitrogen and oxygen atoms in total. The van der Waals surface area contributed by atoms with Crippen molar-refractivity contribution in [2.24, 2.45) is 56.7 Å². The lowest BCUT2D eigenvalue weighted by atomic mass is 9.33. The summed E-state index contributed by atoms with van der Waals surface area (Å²) in [7, 11) is 0. The van der Waals surface area contributed by atoms with Crippen LogP contribution in [-0.2, 0) is 0 Å². The van der Waals surface area contributed by atoms with Crippen LogP contribution in [0.15, 0.2) is 11.6 Å². The third-order valence-electron chi connectivity index (χ3n) is 13.5. The Balaban J connectivity index is 1.59. The van der Waals surface area contributed by atoms with Crippen LogP contribution in [0, 0.1) is 56.7 Å². The summed E-state index contributed by atoms with van der Waals surface area (Å²) in [4.78, 5) is 0. The van der Waals surface area contributed by atoms with Gasteiger partial charge >= 0.3 is 0 Å². The first-order chi connectivity index (χ1) is 14.9. The number of fused-ring (bicyclic) bond motifs is 7. The summed E-state index contributed by atoms with van der Waals surface area (Å²) in [5.74, 6) is 3.29. The number of aliphatic hydroxyl groups excluding tert-OH is 2. The molecule has 0 spiro atoms. The van der Waals surface area contributed by atoms with E-state index >= 15 is 0 Å². The van der Waals surface area contributed by atoms with Gasteiger partial charge in [0.05, 0.1) is 6.10 Å². The Morgan fingerprint density at radius 1 is 0.875 bits per heavy atom. The van der Waals surface area contributed by atoms with Crippen LogP contribution in [0.3, 0.4) is 0 Å². The molecule has 32 heavy (non-hydrogen) atoms. The Morgan fingerprint density at radius 2 is 1.59 bits per heavy atom. The molecule has 5 aliphatic rings. The number of hydrogen-bond acceptors (Lipinski definition) is 2. The summed E-state index contributed by atoms with van der Waals surface area (Å²) < 4.78 is 0. The highest BCUT2D eigenvalue weighted by Gasteiger charge is 2.68. The predicted molar refractivity (Wildman–Crippen MR) is 132 cm³/mol. The van der Waals surface area contributed by atoms with E-state index in [1.54, 1.807) is 5.57 Å². The van der Waals surface area contributed by atoms with Gasteiger partial charge in [0, 0.05) is 12.0 Å². The maximum absolute atomic E-state index is 10.9. The van der Waals surface area contributed by atoms with E-state index in [2.05, 4.69) is 54.5 Å². The molecule has 2 N–H and O–H groups in total. The normalized spacial score (nSPS) is 56.8. The van der Waals surface area contributed by atoms with Gasteiger partial charge in [-0.15, -0.1) is 0 Å². The second kappa shape index (κ2) is 7.09. The van der Waals surface area contributed by atoms with Gasteiger partial charge in [0.15, 0.2) is 0 Å². The molecule has 0 radical (unpaired) electrons. The smallest absolute Gasteiger partial charge is 0.0594 e. The fraction of sp³-hybridized carbons (Fsp3) is 0.933. The van der Waals surface area contributed by atoms with E-state index in [0.717, 1.165) is 12.3 Å². The first-order valence-corrected chi connectivity index (χ1v) is 13.9. The molecule has 0 aromatic heterocycles. The van der Waals surface area contributed by atoms with Crippen LogP contribution >= 0.6 is 0 Å². The Bertz CT molecular complexity index is 799. The monoisotopic (exact) mass is 442 g/mol. The van der Waals surface area contributed by atoms with E-state index < -0.39 is 0 Å². The lowest BCUT2D eigenvalue weighted by Crippen LogP contribution is -2.65. The van der Waals surface area contributed by atoms with Gasteiger partial charge in [-0.3, -0.25) is 0 Å². The summed E-state index contributed by atoms with van der Waals surface area (Å²) in [6.45, 7) is 17.9. The maximum Gasteiger partial charge on any atom is 0.0594 e. The molecule has 0 bridgehead atoms. The summed E-state index contributed by atoms with van der Waals surface area (Å²) in [5.41, 5.74) is 2.77. The van der Waals surface area contributed by atoms with Crippen molar-refractivity contribution in [1.29, 1.82) is 0 Å². The number of hydrogen-bond donors (Lipinski definition) is 2. The molecular formula is C30H50O2. The molecule has 10 atom stereocenters. The van der Waals surface area contributed by atoms with Crippen molar-refractivity contribution in [3.05, 3.63) is 11.6 Å². The molecule has 0 amide bonds. The summed E-state index contributed by atoms with van der Waals surface area (Å²) in [6.07, 6.45) is 13.4. The van der Waals surface area contributed by atoms with E-state index in [4.69, 9.17) is 0 Å². The first-order valence-electron chi connectivity index (χ1n) is 13.9. The summed E-state index contributed by atoms with van der Waals surface area (Å²) >= 11 is 0. The molecular weight excluding hydrogens is 392 g/mol. The average Bonchev–Trinajstić information content (AvgIpc) is 2.74. The quantitative estimate of drug-likeness (QED) is 0.429. The van der Waals surface area contributed by atoms with Gasteiger partial charge in [-0.25, -0.2) is 0 Å². The molecule has 0 aliphatic heterocycles. The second-order valence-corrected chi connectivity index (χ2v) is 14.5. The summed E-state index contributed by atoms with van der Waals surface area (Å²) in [5, 5.41) is 21.6. The minimum Gasteiger partial charge on any atom is -0.396 e. The Labute approximate surface area is 197 Å². The molecule has 0 aromatic carbocycles. The topological polar surface area (TPSA) is 40.5 Å². The van der Waals surface area contributed by atoms with Gasteiger partial charge in [0.25, 0.3) is 0 Å². The van der Waals surface area contributed by atoms with Gasteiger partial charge in [0.1, 0.15) is 0 Å². The SMILES string of the molecule is CC1CC[C@]2(CO)CC[C@]3(C)C(=CC[C@@H]4[C@@]5(C)CCC(O)C(C)(C)[C@@H]5CC[C@]43C)[C@@H]2C1C. The molecule has 4 fully saturated rings. The van der Waals surface area contributed by atoms with Crippen molar-refractivity contribution >= 4 is 0 Å². The molecule has 182 valence electrons. The molecule has 2 heteroatoms. The first kappa shape index (κ1) is 23.4. The van der Waals surface area contributed by atoms with E-state index in [9.17, 15) is 10.2 Å². The van der Waals surface area contributed by atoms with E-state index in [-0.39, 0.29) is 22.3 Å². The largest absolute Gasteiger partial charge is 0.396 e. The van der Waals surface area contributed by atoms with Crippen molar-refractivity contribution < 1.29 is 10.2 Å². The van der Waals surface area contributed by atoms with Crippen LogP contribution in [0.1, 0.15) is 106 Å². The standard InChI is InChI=1S/C30H50O2/c1-19-10-15-30(18-31)17-16-28(6)21(25(30)20(19)2)8-9-23-27(5)13-12-24(32)26(3,4)22(27)11-14-29(23,28)7/h8,19-20,22-25,31-32H,9-18H2,1-7H3/t19?,20?,22-,23+,24?,25-,27-,28+,29+,30+/m0/s1. The zero-order valence-corrected chi connectivity index (χ0v) is 22.0. The van der Waals surface area contributed by atoms with E-state index in [1.807, 2.05) is 0 Å². The zero-order chi connectivity index (χ0) is 23.3. The van der Waals surface area contributed by atoms with E-state index in [1.165, 1.54) is 51.4 Å². The van der Waals surface area contributed by atoms with Crippen molar-refractivity contribution in [2.45, 2.75) is 112 Å². The highest BCUT2D eigenvalue weighted by Crippen LogP contribution is 2.75. The highest BCUT2D eigenvalue weighted by atomic mass is 16.3. The zero-order valence-electron chi connectivity index (χ0n) is 22.0. The van der Waals surface area contributed by atoms with Gasteiger partial charge in [0.2, 0.25) is 0 Å². The molecule has 0 heterocycles. The molecule has 0 aromatic rings. The van der Waals surface area contributed by atoms with Crippen LogP contribution in [0.25, 0.3) is 0 Å². The van der Waals surface area contributed by atoms with Crippen LogP contribution in [-0.4, -0.2) is 22.9 Å². The van der Waals surface area contributed by atoms with Crippen molar-refractivity contribution in [2.75, 3.05) is 6.61 Å². The number of aliphatic hydroxyl groups is 2. The van der Waals surface area contributed by atoms with Gasteiger partial charge in [-0.2, -0.15) is 0 Å². The highest BCUT2D eigenvalue weighted by molar-refractivity contribution is 5.34. The van der Waals surface area contributed by atoms with Crippen molar-refractivity contribution in [3.63, 3.8) is 0 Å². The Hall–Kier alpha value is -0.340. The fourth-order valence-electron chi connectivity index (χ4n) is 10.9. The molecule has 0 saturated heterocycles. The molecule has 5 aliphatic carbocycles. The van der Waals surface area contributed by atoms with Gasteiger partial charge in [-0.1, -0.05) is 60.1 Å². The van der Waals surface area contributed by atoms with Crippen LogP contribution < -0.4 is 0 Å². The third kappa shape index (κ3) is 2.66. The van der Waals surface area contributed by atoms with Gasteiger partial charge in [-0.05, 0) is 109 Å². The Morgan fingerprint density at radius 3 is 2.28 bits per heavy atom. The van der Waals surface area contributed by atoms with Crippen molar-refractivity contribution in [1.82, 2.24) is 0 Å². The lowest BCUT2D eigenvalue weighted by molar-refractivity contribution is -0.205. The van der Waals surface area contributed by atoms with Crippen LogP contribution in [0.2, 0.25) is 0 Å². The maximum atomic E-state index is 10.9. The lowest BCUT2D eigenvalue weighted by Gasteiger charge is -2.71. The molecule has 4 saturated carbocycles. The fourth-order valence-corrected chi connectivity index (χ4v) is 10.9. The Kier molecular flexibility index (Phi) is 5.19. The molecule has 3 unspecified atom stereocenters. The minimum absolute atomic E-state index is 0.0190. The molecule has 5 rings (SSSR count). The second-order valence-electron chi connectivity index (χ2n) is 14.5. The average molecular weight is 443 g/mol. The van der Waals surface area contributed by atoms with Gasteiger partial charge < -0.3 is 10.2 Å². The predicted octanol–water partition coefficient (Wildman–Crippen LogP) is 7.00. The minimum atomic E-state index is -0.153. The number of allylic oxidation sites excluding steroid dienone is 2. The third-order valence-corrected chi connectivity index (χ3v) is 13.5. The van der Waals surface area contributed by atoms with Crippen LogP contribution in [0.5, 0.6) is 0 Å².